The van der Waals surface area contributed by atoms with E-state index in [4.69, 9.17) is 24.2 Å². The fourth-order valence-electron chi connectivity index (χ4n) is 5.86. The van der Waals surface area contributed by atoms with Crippen LogP contribution in [0.4, 0.5) is 10.5 Å². The van der Waals surface area contributed by atoms with E-state index >= 15 is 0 Å². The number of carbonyl (C=O) groups excluding carboxylic acids is 1. The van der Waals surface area contributed by atoms with Crippen LogP contribution in [0.25, 0.3) is 33.2 Å². The number of hydrogen-bond acceptors (Lipinski definition) is 8. The molecule has 41 heavy (non-hydrogen) atoms. The third kappa shape index (κ3) is 5.05. The molecule has 3 heterocycles. The molecule has 1 saturated carbocycles. The lowest BCUT2D eigenvalue weighted by Gasteiger charge is -2.43. The highest BCUT2D eigenvalue weighted by molar-refractivity contribution is 5.92. The zero-order valence-corrected chi connectivity index (χ0v) is 24.9. The minimum absolute atomic E-state index is 0.116. The predicted octanol–water partition coefficient (Wildman–Crippen LogP) is 5.37. The molecule has 4 aromatic rings. The fraction of sp³-hybridized carbons (Fsp3) is 0.484. The number of hydrogen-bond donors (Lipinski definition) is 0. The van der Waals surface area contributed by atoms with Crippen molar-refractivity contribution in [1.82, 2.24) is 24.6 Å². The molecule has 0 radical (unpaired) electrons. The van der Waals surface area contributed by atoms with Gasteiger partial charge in [0.25, 0.3) is 0 Å². The van der Waals surface area contributed by atoms with Gasteiger partial charge in [-0.25, -0.2) is 14.8 Å². The van der Waals surface area contributed by atoms with Gasteiger partial charge in [-0.3, -0.25) is 9.58 Å². The second-order valence-electron chi connectivity index (χ2n) is 12.3. The molecule has 2 fully saturated rings. The van der Waals surface area contributed by atoms with Crippen LogP contribution in [0.15, 0.2) is 30.5 Å². The lowest BCUT2D eigenvalue weighted by atomic mass is 10.0. The Bertz CT molecular complexity index is 1650. The van der Waals surface area contributed by atoms with Gasteiger partial charge in [0.05, 0.1) is 22.1 Å². The lowest BCUT2D eigenvalue weighted by molar-refractivity contribution is 0.0106. The molecule has 2 aliphatic rings. The number of carbonyl (C=O) groups is 1. The summed E-state index contributed by atoms with van der Waals surface area (Å²) in [5.41, 5.74) is 4.83. The number of fused-ring (bicyclic) bond motifs is 2. The Labute approximate surface area is 240 Å². The summed E-state index contributed by atoms with van der Waals surface area (Å²) in [6, 6.07) is 8.39. The number of aryl methyl sites for hydroxylation is 3. The van der Waals surface area contributed by atoms with Crippen molar-refractivity contribution in [2.45, 2.75) is 58.6 Å². The summed E-state index contributed by atoms with van der Waals surface area (Å²) < 4.78 is 18.7. The molecule has 0 bridgehead atoms. The molecule has 1 aliphatic carbocycles. The normalized spacial score (nSPS) is 16.6. The van der Waals surface area contributed by atoms with E-state index in [0.29, 0.717) is 18.1 Å². The van der Waals surface area contributed by atoms with E-state index in [1.54, 1.807) is 11.8 Å². The van der Waals surface area contributed by atoms with Crippen molar-refractivity contribution >= 4 is 33.6 Å². The maximum Gasteiger partial charge on any atom is 0.410 e. The van der Waals surface area contributed by atoms with Gasteiger partial charge in [-0.05, 0) is 71.7 Å². The Hall–Kier alpha value is -3.92. The molecule has 0 atom stereocenters. The summed E-state index contributed by atoms with van der Waals surface area (Å²) >= 11 is 0. The maximum absolute atomic E-state index is 12.9. The van der Waals surface area contributed by atoms with Gasteiger partial charge in [-0.2, -0.15) is 5.10 Å². The standard InChI is InChI=1S/C31H38N6O4/c1-19-26-21(16-35(6)34-26)14-24(27(19)40-18-39-7)28-32-20(2)23-15-22(8-9-25(23)33-28)36-12-13-37(31(17-36)10-11-31)29(38)41-30(3,4)5/h8-9,14-16H,10-13,17-18H2,1-7H3. The van der Waals surface area contributed by atoms with Crippen LogP contribution in [-0.4, -0.2) is 75.4 Å². The summed E-state index contributed by atoms with van der Waals surface area (Å²) in [5.74, 6) is 1.27. The van der Waals surface area contributed by atoms with Crippen LogP contribution < -0.4 is 9.64 Å². The topological polar surface area (TPSA) is 94.8 Å². The van der Waals surface area contributed by atoms with Crippen LogP contribution in [0, 0.1) is 13.8 Å². The molecule has 1 spiro atoms. The molecule has 1 amide bonds. The molecular formula is C31H38N6O4. The first-order valence-electron chi connectivity index (χ1n) is 14.1. The van der Waals surface area contributed by atoms with Crippen LogP contribution in [0.5, 0.6) is 5.75 Å². The van der Waals surface area contributed by atoms with Crippen molar-refractivity contribution in [3.63, 3.8) is 0 Å². The Balaban J connectivity index is 1.32. The minimum atomic E-state index is -0.502. The maximum atomic E-state index is 12.9. The number of methoxy groups -OCH3 is 1. The third-order valence-corrected chi connectivity index (χ3v) is 7.99. The van der Waals surface area contributed by atoms with Gasteiger partial charge in [-0.15, -0.1) is 0 Å². The lowest BCUT2D eigenvalue weighted by Crippen LogP contribution is -2.58. The van der Waals surface area contributed by atoms with Crippen LogP contribution in [-0.2, 0) is 16.5 Å². The van der Waals surface area contributed by atoms with E-state index in [2.05, 4.69) is 28.2 Å². The SMILES string of the molecule is COCOc1c(-c2nc(C)c3cc(N4CCN(C(=O)OC(C)(C)C)C5(CC5)C4)ccc3n2)cc2cn(C)nc2c1C. The highest BCUT2D eigenvalue weighted by atomic mass is 16.7. The number of amides is 1. The third-order valence-electron chi connectivity index (χ3n) is 7.99. The average molecular weight is 559 g/mol. The number of piperazine rings is 1. The molecule has 2 aromatic heterocycles. The minimum Gasteiger partial charge on any atom is -0.466 e. The molecule has 2 aromatic carbocycles. The molecule has 0 N–H and O–H groups in total. The van der Waals surface area contributed by atoms with E-state index in [0.717, 1.165) is 70.2 Å². The summed E-state index contributed by atoms with van der Waals surface area (Å²) in [4.78, 5) is 27.1. The van der Waals surface area contributed by atoms with Crippen molar-refractivity contribution < 1.29 is 19.0 Å². The van der Waals surface area contributed by atoms with E-state index in [-0.39, 0.29) is 18.4 Å². The predicted molar refractivity (Wildman–Crippen MR) is 158 cm³/mol. The fourth-order valence-corrected chi connectivity index (χ4v) is 5.86. The van der Waals surface area contributed by atoms with Crippen LogP contribution in [0.2, 0.25) is 0 Å². The average Bonchev–Trinajstić information content (AvgIpc) is 3.55. The Morgan fingerprint density at radius 1 is 1.10 bits per heavy atom. The van der Waals surface area contributed by atoms with E-state index in [1.165, 1.54) is 0 Å². The first-order valence-corrected chi connectivity index (χ1v) is 14.1. The molecule has 10 nitrogen and oxygen atoms in total. The van der Waals surface area contributed by atoms with Crippen molar-refractivity contribution in [3.8, 4) is 17.1 Å². The summed E-state index contributed by atoms with van der Waals surface area (Å²) in [6.45, 7) is 12.1. The molecule has 216 valence electrons. The highest BCUT2D eigenvalue weighted by Crippen LogP contribution is 2.46. The van der Waals surface area contributed by atoms with Gasteiger partial charge in [0.1, 0.15) is 11.4 Å². The number of nitrogens with zero attached hydrogens (tertiary/aromatic N) is 6. The number of benzene rings is 2. The first kappa shape index (κ1) is 27.3. The first-order chi connectivity index (χ1) is 19.5. The largest absolute Gasteiger partial charge is 0.466 e. The van der Waals surface area contributed by atoms with Crippen LogP contribution >= 0.6 is 0 Å². The van der Waals surface area contributed by atoms with Crippen molar-refractivity contribution in [3.05, 3.63) is 41.7 Å². The molecule has 10 heteroatoms. The highest BCUT2D eigenvalue weighted by Gasteiger charge is 2.54. The summed E-state index contributed by atoms with van der Waals surface area (Å²) in [7, 11) is 3.51. The molecule has 6 rings (SSSR count). The van der Waals surface area contributed by atoms with Crippen molar-refractivity contribution in [2.24, 2.45) is 7.05 Å². The molecule has 1 saturated heterocycles. The zero-order valence-electron chi connectivity index (χ0n) is 24.9. The second kappa shape index (κ2) is 9.87. The van der Waals surface area contributed by atoms with Crippen LogP contribution in [0.3, 0.4) is 0 Å². The van der Waals surface area contributed by atoms with E-state index in [1.807, 2.05) is 58.8 Å². The Morgan fingerprint density at radius 3 is 2.59 bits per heavy atom. The molecule has 1 aliphatic heterocycles. The molecule has 0 unspecified atom stereocenters. The zero-order chi connectivity index (χ0) is 29.1. The van der Waals surface area contributed by atoms with E-state index in [9.17, 15) is 4.79 Å². The van der Waals surface area contributed by atoms with Gasteiger partial charge in [0, 0.05) is 67.7 Å². The van der Waals surface area contributed by atoms with Gasteiger partial charge in [0.2, 0.25) is 0 Å². The number of anilines is 1. The number of ether oxygens (including phenoxy) is 3. The summed E-state index contributed by atoms with van der Waals surface area (Å²) in [5, 5.41) is 6.61. The smallest absolute Gasteiger partial charge is 0.410 e. The van der Waals surface area contributed by atoms with Gasteiger partial charge >= 0.3 is 6.09 Å². The second-order valence-corrected chi connectivity index (χ2v) is 12.3. The Morgan fingerprint density at radius 2 is 1.88 bits per heavy atom. The number of rotatable bonds is 5. The Kier molecular flexibility index (Phi) is 6.56. The van der Waals surface area contributed by atoms with Crippen molar-refractivity contribution in [1.29, 1.82) is 0 Å². The number of aromatic nitrogens is 4. The van der Waals surface area contributed by atoms with Crippen LogP contribution in [0.1, 0.15) is 44.9 Å². The van der Waals surface area contributed by atoms with Gasteiger partial charge < -0.3 is 19.1 Å². The van der Waals surface area contributed by atoms with Gasteiger partial charge in [0.15, 0.2) is 12.6 Å². The summed E-state index contributed by atoms with van der Waals surface area (Å²) in [6.07, 6.45) is 3.77. The van der Waals surface area contributed by atoms with Gasteiger partial charge in [-0.1, -0.05) is 0 Å². The monoisotopic (exact) mass is 558 g/mol. The van der Waals surface area contributed by atoms with Crippen molar-refractivity contribution in [2.75, 3.05) is 38.4 Å². The van der Waals surface area contributed by atoms with E-state index < -0.39 is 5.60 Å². The molecular weight excluding hydrogens is 520 g/mol. The quantitative estimate of drug-likeness (QED) is 0.302.